The topological polar surface area (TPSA) is 64.7 Å². The molecule has 92 valence electrons. The van der Waals surface area contributed by atoms with E-state index in [0.29, 0.717) is 5.56 Å². The van der Waals surface area contributed by atoms with Crippen LogP contribution < -0.4 is 0 Å². The molecule has 2 aromatic rings. The van der Waals surface area contributed by atoms with Crippen LogP contribution in [0.1, 0.15) is 10.4 Å². The number of nitro groups is 1. The molecule has 0 saturated carbocycles. The Morgan fingerprint density at radius 1 is 1.39 bits per heavy atom. The molecule has 1 aromatic carbocycles. The summed E-state index contributed by atoms with van der Waals surface area (Å²) in [5, 5.41) is 16.3. The highest BCUT2D eigenvalue weighted by Crippen LogP contribution is 2.13. The molecule has 0 atom stereocenters. The van der Waals surface area contributed by atoms with Crippen molar-refractivity contribution in [3.05, 3.63) is 62.3 Å². The summed E-state index contributed by atoms with van der Waals surface area (Å²) in [5.41, 5.74) is 0.769. The van der Waals surface area contributed by atoms with Crippen LogP contribution >= 0.6 is 11.3 Å². The molecule has 0 saturated heterocycles. The highest BCUT2D eigenvalue weighted by molar-refractivity contribution is 7.11. The van der Waals surface area contributed by atoms with E-state index in [0.717, 1.165) is 4.88 Å². The van der Waals surface area contributed by atoms with Crippen LogP contribution in [0.4, 0.5) is 5.69 Å². The summed E-state index contributed by atoms with van der Waals surface area (Å²) in [4.78, 5) is 16.2. The zero-order valence-electron chi connectivity index (χ0n) is 9.35. The summed E-state index contributed by atoms with van der Waals surface area (Å²) in [5.74, 6) is 0. The third-order valence-electron chi connectivity index (χ3n) is 2.15. The molecule has 6 heteroatoms. The standard InChI is InChI=1S/C12H10N2O3S/c15-14(16)11-4-1-3-10(7-11)9-17-13-8-12-5-2-6-18-12/h1-8H,9H2/b13-8-. The predicted octanol–water partition coefficient (Wildman–Crippen LogP) is 3.21. The van der Waals surface area contributed by atoms with Crippen LogP contribution in [0.25, 0.3) is 0 Å². The Kier molecular flexibility index (Phi) is 4.03. The number of oxime groups is 1. The molecule has 18 heavy (non-hydrogen) atoms. The van der Waals surface area contributed by atoms with Crippen LogP contribution in [-0.2, 0) is 11.4 Å². The van der Waals surface area contributed by atoms with Gasteiger partial charge in [-0.05, 0) is 17.0 Å². The van der Waals surface area contributed by atoms with E-state index in [9.17, 15) is 10.1 Å². The van der Waals surface area contributed by atoms with Crippen LogP contribution in [0.5, 0.6) is 0 Å². The average Bonchev–Trinajstić information content (AvgIpc) is 2.88. The lowest BCUT2D eigenvalue weighted by Crippen LogP contribution is -1.91. The van der Waals surface area contributed by atoms with Crippen LogP contribution in [-0.4, -0.2) is 11.1 Å². The molecular formula is C12H10N2O3S. The van der Waals surface area contributed by atoms with Crippen molar-refractivity contribution < 1.29 is 9.76 Å². The summed E-state index contributed by atoms with van der Waals surface area (Å²) in [6.45, 7) is 0.212. The summed E-state index contributed by atoms with van der Waals surface area (Å²) < 4.78 is 0. The molecule has 0 aliphatic heterocycles. The average molecular weight is 262 g/mol. The van der Waals surface area contributed by atoms with E-state index in [-0.39, 0.29) is 12.3 Å². The zero-order valence-corrected chi connectivity index (χ0v) is 10.2. The summed E-state index contributed by atoms with van der Waals surface area (Å²) in [7, 11) is 0. The van der Waals surface area contributed by atoms with E-state index >= 15 is 0 Å². The second-order valence-corrected chi connectivity index (χ2v) is 4.43. The lowest BCUT2D eigenvalue weighted by atomic mass is 10.2. The highest BCUT2D eigenvalue weighted by atomic mass is 32.1. The fourth-order valence-electron chi connectivity index (χ4n) is 1.33. The van der Waals surface area contributed by atoms with Gasteiger partial charge < -0.3 is 4.84 Å². The second-order valence-electron chi connectivity index (χ2n) is 3.45. The summed E-state index contributed by atoms with van der Waals surface area (Å²) >= 11 is 1.56. The van der Waals surface area contributed by atoms with Crippen molar-refractivity contribution in [1.29, 1.82) is 0 Å². The first kappa shape index (κ1) is 12.3. The van der Waals surface area contributed by atoms with Crippen LogP contribution in [0.2, 0.25) is 0 Å². The molecule has 1 aromatic heterocycles. The molecule has 0 bridgehead atoms. The number of benzene rings is 1. The fourth-order valence-corrected chi connectivity index (χ4v) is 1.90. The number of thiophene rings is 1. The van der Waals surface area contributed by atoms with Crippen LogP contribution in [0.15, 0.2) is 46.9 Å². The van der Waals surface area contributed by atoms with E-state index < -0.39 is 4.92 Å². The Hall–Kier alpha value is -2.21. The Bertz CT molecular complexity index is 552. The Balaban J connectivity index is 1.90. The molecular weight excluding hydrogens is 252 g/mol. The third-order valence-corrected chi connectivity index (χ3v) is 2.96. The molecule has 0 aliphatic rings. The van der Waals surface area contributed by atoms with E-state index in [4.69, 9.17) is 4.84 Å². The molecule has 0 fully saturated rings. The third kappa shape index (κ3) is 3.39. The summed E-state index contributed by atoms with van der Waals surface area (Å²) in [6.07, 6.45) is 1.61. The van der Waals surface area contributed by atoms with Gasteiger partial charge in [-0.1, -0.05) is 23.4 Å². The van der Waals surface area contributed by atoms with Crippen molar-refractivity contribution in [2.75, 3.05) is 0 Å². The number of hydrogen-bond donors (Lipinski definition) is 0. The van der Waals surface area contributed by atoms with Gasteiger partial charge in [0.25, 0.3) is 5.69 Å². The lowest BCUT2D eigenvalue weighted by molar-refractivity contribution is -0.384. The minimum absolute atomic E-state index is 0.0540. The van der Waals surface area contributed by atoms with Crippen molar-refractivity contribution in [1.82, 2.24) is 0 Å². The predicted molar refractivity (Wildman–Crippen MR) is 69.8 cm³/mol. The normalized spacial score (nSPS) is 10.7. The minimum Gasteiger partial charge on any atom is -0.391 e. The number of nitro benzene ring substituents is 1. The van der Waals surface area contributed by atoms with Gasteiger partial charge in [-0.15, -0.1) is 11.3 Å². The van der Waals surface area contributed by atoms with Crippen molar-refractivity contribution in [2.45, 2.75) is 6.61 Å². The van der Waals surface area contributed by atoms with E-state index in [1.54, 1.807) is 29.7 Å². The van der Waals surface area contributed by atoms with E-state index in [2.05, 4.69) is 5.16 Å². The first-order chi connectivity index (χ1) is 8.75. The van der Waals surface area contributed by atoms with Gasteiger partial charge >= 0.3 is 0 Å². The highest BCUT2D eigenvalue weighted by Gasteiger charge is 2.05. The molecule has 0 amide bonds. The Morgan fingerprint density at radius 2 is 2.28 bits per heavy atom. The van der Waals surface area contributed by atoms with E-state index in [1.165, 1.54) is 12.1 Å². The second kappa shape index (κ2) is 5.92. The van der Waals surface area contributed by atoms with Crippen molar-refractivity contribution >= 4 is 23.2 Å². The maximum absolute atomic E-state index is 10.6. The van der Waals surface area contributed by atoms with Gasteiger partial charge in [0.2, 0.25) is 0 Å². The quantitative estimate of drug-likeness (QED) is 0.472. The Labute approximate surface area is 107 Å². The maximum atomic E-state index is 10.6. The molecule has 2 rings (SSSR count). The van der Waals surface area contributed by atoms with Gasteiger partial charge in [0.1, 0.15) is 6.61 Å². The maximum Gasteiger partial charge on any atom is 0.269 e. The molecule has 0 spiro atoms. The minimum atomic E-state index is -0.432. The van der Waals surface area contributed by atoms with Gasteiger partial charge in [-0.2, -0.15) is 0 Å². The molecule has 5 nitrogen and oxygen atoms in total. The first-order valence-electron chi connectivity index (χ1n) is 5.18. The lowest BCUT2D eigenvalue weighted by Gasteiger charge is -1.99. The SMILES string of the molecule is O=[N+]([O-])c1cccc(CO/N=C\c2cccs2)c1. The van der Waals surface area contributed by atoms with Gasteiger partial charge in [-0.3, -0.25) is 10.1 Å². The number of nitrogens with zero attached hydrogens (tertiary/aromatic N) is 2. The summed E-state index contributed by atoms with van der Waals surface area (Å²) in [6, 6.07) is 10.1. The molecule has 1 heterocycles. The molecule has 0 N–H and O–H groups in total. The molecule has 0 aliphatic carbocycles. The fraction of sp³-hybridized carbons (Fsp3) is 0.0833. The number of non-ortho nitro benzene ring substituents is 1. The smallest absolute Gasteiger partial charge is 0.269 e. The van der Waals surface area contributed by atoms with Gasteiger partial charge in [-0.25, -0.2) is 0 Å². The molecule has 0 radical (unpaired) electrons. The van der Waals surface area contributed by atoms with Crippen LogP contribution in [0, 0.1) is 10.1 Å². The first-order valence-corrected chi connectivity index (χ1v) is 6.06. The largest absolute Gasteiger partial charge is 0.391 e. The number of hydrogen-bond acceptors (Lipinski definition) is 5. The van der Waals surface area contributed by atoms with Gasteiger partial charge in [0.05, 0.1) is 11.1 Å². The van der Waals surface area contributed by atoms with Crippen LogP contribution in [0.3, 0.4) is 0 Å². The molecule has 0 unspecified atom stereocenters. The Morgan fingerprint density at radius 3 is 3.00 bits per heavy atom. The monoisotopic (exact) mass is 262 g/mol. The zero-order chi connectivity index (χ0) is 12.8. The van der Waals surface area contributed by atoms with Gasteiger partial charge in [0.15, 0.2) is 0 Å². The van der Waals surface area contributed by atoms with Crippen molar-refractivity contribution in [3.8, 4) is 0 Å². The van der Waals surface area contributed by atoms with E-state index in [1.807, 2.05) is 17.5 Å². The van der Waals surface area contributed by atoms with Crippen molar-refractivity contribution in [3.63, 3.8) is 0 Å². The van der Waals surface area contributed by atoms with Gasteiger partial charge in [0, 0.05) is 17.0 Å². The number of rotatable bonds is 5. The van der Waals surface area contributed by atoms with Crippen molar-refractivity contribution in [2.24, 2.45) is 5.16 Å².